The molecule has 2 unspecified atom stereocenters. The molecule has 25 heavy (non-hydrogen) atoms. The Bertz CT molecular complexity index is 634. The van der Waals surface area contributed by atoms with E-state index in [0.29, 0.717) is 5.92 Å². The molecule has 1 saturated heterocycles. The van der Waals surface area contributed by atoms with Crippen molar-refractivity contribution in [3.63, 3.8) is 0 Å². The molecule has 0 radical (unpaired) electrons. The summed E-state index contributed by atoms with van der Waals surface area (Å²) in [4.78, 5) is 10.9. The minimum absolute atomic E-state index is 0.00938. The van der Waals surface area contributed by atoms with E-state index in [1.807, 2.05) is 12.3 Å². The average Bonchev–Trinajstić information content (AvgIpc) is 2.62. The van der Waals surface area contributed by atoms with E-state index in [1.165, 1.54) is 6.42 Å². The van der Waals surface area contributed by atoms with Crippen LogP contribution in [0.4, 0.5) is 0 Å². The van der Waals surface area contributed by atoms with Gasteiger partial charge in [0.2, 0.25) is 0 Å². The van der Waals surface area contributed by atoms with Crippen molar-refractivity contribution in [2.45, 2.75) is 57.9 Å². The highest BCUT2D eigenvalue weighted by molar-refractivity contribution is 7.80. The van der Waals surface area contributed by atoms with E-state index in [2.05, 4.69) is 61.8 Å². The fourth-order valence-corrected chi connectivity index (χ4v) is 4.94. The van der Waals surface area contributed by atoms with Gasteiger partial charge < -0.3 is 4.90 Å². The van der Waals surface area contributed by atoms with E-state index in [-0.39, 0.29) is 11.0 Å². The highest BCUT2D eigenvalue weighted by Gasteiger charge is 2.52. The molecule has 4 heteroatoms. The molecule has 1 aliphatic heterocycles. The summed E-state index contributed by atoms with van der Waals surface area (Å²) >= 11 is 6.21. The van der Waals surface area contributed by atoms with Crippen LogP contribution in [0, 0.1) is 5.92 Å². The van der Waals surface area contributed by atoms with Gasteiger partial charge in [-0.25, -0.2) is 0 Å². The molecular formula is C21H31N3S. The summed E-state index contributed by atoms with van der Waals surface area (Å²) in [5, 5.41) is 0. The smallest absolute Gasteiger partial charge is 0.0933 e. The predicted octanol–water partition coefficient (Wildman–Crippen LogP) is 4.40. The second-order valence-corrected chi connectivity index (χ2v) is 8.74. The molecule has 1 aromatic rings. The first kappa shape index (κ1) is 18.5. The van der Waals surface area contributed by atoms with Gasteiger partial charge in [-0.05, 0) is 64.6 Å². The topological polar surface area (TPSA) is 19.4 Å². The lowest BCUT2D eigenvalue weighted by molar-refractivity contribution is 0.0581. The highest BCUT2D eigenvalue weighted by atomic mass is 32.1. The van der Waals surface area contributed by atoms with E-state index in [9.17, 15) is 0 Å². The summed E-state index contributed by atoms with van der Waals surface area (Å²) in [6, 6.07) is 6.30. The van der Waals surface area contributed by atoms with Crippen LogP contribution in [0.25, 0.3) is 0 Å². The standard InChI is InChI=1S/C21H31N3S/c1-5-23-15-21(17-11-7-6-8-12-17,18-13-9-10-14-22-18)19(25)24(16-23)20(2,3)4/h6-7,9-10,13-14,17H,5,8,11-12,15-16H2,1-4H3. The van der Waals surface area contributed by atoms with E-state index < -0.39 is 0 Å². The lowest BCUT2D eigenvalue weighted by Crippen LogP contribution is -2.67. The van der Waals surface area contributed by atoms with Gasteiger partial charge in [0.15, 0.2) is 0 Å². The van der Waals surface area contributed by atoms with E-state index in [0.717, 1.165) is 43.3 Å². The third kappa shape index (κ3) is 3.39. The Morgan fingerprint density at radius 2 is 2.08 bits per heavy atom. The summed E-state index contributed by atoms with van der Waals surface area (Å²) in [5.41, 5.74) is 0.978. The zero-order chi connectivity index (χ0) is 18.1. The first-order chi connectivity index (χ1) is 11.9. The maximum Gasteiger partial charge on any atom is 0.0933 e. The Kier molecular flexibility index (Phi) is 5.31. The predicted molar refractivity (Wildman–Crippen MR) is 109 cm³/mol. The molecule has 3 rings (SSSR count). The molecule has 1 aromatic heterocycles. The molecule has 0 saturated carbocycles. The second kappa shape index (κ2) is 7.16. The molecule has 1 fully saturated rings. The van der Waals surface area contributed by atoms with Gasteiger partial charge in [-0.2, -0.15) is 0 Å². The van der Waals surface area contributed by atoms with Crippen molar-refractivity contribution >= 4 is 17.2 Å². The van der Waals surface area contributed by atoms with Crippen LogP contribution in [0.5, 0.6) is 0 Å². The van der Waals surface area contributed by atoms with Crippen LogP contribution in [0.1, 0.15) is 52.7 Å². The lowest BCUT2D eigenvalue weighted by Gasteiger charge is -2.56. The van der Waals surface area contributed by atoms with Crippen molar-refractivity contribution in [2.75, 3.05) is 19.8 Å². The Morgan fingerprint density at radius 1 is 1.28 bits per heavy atom. The zero-order valence-corrected chi connectivity index (χ0v) is 16.9. The lowest BCUT2D eigenvalue weighted by atomic mass is 9.66. The molecule has 0 aromatic carbocycles. The van der Waals surface area contributed by atoms with Crippen molar-refractivity contribution in [2.24, 2.45) is 5.92 Å². The van der Waals surface area contributed by atoms with Crippen LogP contribution in [-0.2, 0) is 5.41 Å². The number of thiocarbonyl (C=S) groups is 1. The van der Waals surface area contributed by atoms with Crippen LogP contribution in [-0.4, -0.2) is 45.1 Å². The number of rotatable bonds is 3. The van der Waals surface area contributed by atoms with Gasteiger partial charge in [0.05, 0.1) is 22.8 Å². The monoisotopic (exact) mass is 357 g/mol. The molecule has 2 aliphatic rings. The largest absolute Gasteiger partial charge is 0.347 e. The number of pyridine rings is 1. The minimum atomic E-state index is -0.178. The Morgan fingerprint density at radius 3 is 2.64 bits per heavy atom. The molecule has 0 spiro atoms. The molecule has 2 atom stereocenters. The fourth-order valence-electron chi connectivity index (χ4n) is 4.28. The van der Waals surface area contributed by atoms with Gasteiger partial charge >= 0.3 is 0 Å². The van der Waals surface area contributed by atoms with Crippen molar-refractivity contribution in [3.8, 4) is 0 Å². The average molecular weight is 358 g/mol. The van der Waals surface area contributed by atoms with Crippen LogP contribution in [0.2, 0.25) is 0 Å². The van der Waals surface area contributed by atoms with Crippen LogP contribution >= 0.6 is 12.2 Å². The minimum Gasteiger partial charge on any atom is -0.347 e. The first-order valence-corrected chi connectivity index (χ1v) is 9.91. The molecule has 136 valence electrons. The SMILES string of the molecule is CCN1CN(C(C)(C)C)C(=S)C(c2ccccn2)(C2CC=CCC2)C1. The van der Waals surface area contributed by atoms with Gasteiger partial charge in [0.25, 0.3) is 0 Å². The number of hydrogen-bond donors (Lipinski definition) is 0. The van der Waals surface area contributed by atoms with Crippen LogP contribution in [0.3, 0.4) is 0 Å². The first-order valence-electron chi connectivity index (χ1n) is 9.50. The van der Waals surface area contributed by atoms with Crippen molar-refractivity contribution in [1.82, 2.24) is 14.8 Å². The number of hydrogen-bond acceptors (Lipinski definition) is 3. The third-order valence-electron chi connectivity index (χ3n) is 5.79. The summed E-state index contributed by atoms with van der Waals surface area (Å²) in [5.74, 6) is 0.513. The number of aromatic nitrogens is 1. The quantitative estimate of drug-likeness (QED) is 0.590. The zero-order valence-electron chi connectivity index (χ0n) is 16.0. The molecule has 0 bridgehead atoms. The number of allylic oxidation sites excluding steroid dienone is 2. The fraction of sp³-hybridized carbons (Fsp3) is 0.619. The van der Waals surface area contributed by atoms with E-state index >= 15 is 0 Å². The highest BCUT2D eigenvalue weighted by Crippen LogP contribution is 2.44. The normalized spacial score (nSPS) is 28.4. The van der Waals surface area contributed by atoms with Gasteiger partial charge in [-0.1, -0.05) is 37.4 Å². The summed E-state index contributed by atoms with van der Waals surface area (Å²) in [7, 11) is 0. The number of nitrogens with zero attached hydrogens (tertiary/aromatic N) is 3. The maximum atomic E-state index is 6.21. The van der Waals surface area contributed by atoms with Crippen molar-refractivity contribution < 1.29 is 0 Å². The molecule has 0 N–H and O–H groups in total. The second-order valence-electron chi connectivity index (χ2n) is 8.36. The molecule has 3 nitrogen and oxygen atoms in total. The van der Waals surface area contributed by atoms with Crippen molar-refractivity contribution in [1.29, 1.82) is 0 Å². The van der Waals surface area contributed by atoms with Gasteiger partial charge in [-0.3, -0.25) is 9.88 Å². The Balaban J connectivity index is 2.14. The number of likely N-dealkylation sites (N-methyl/N-ethyl adjacent to an activating group) is 1. The summed E-state index contributed by atoms with van der Waals surface area (Å²) < 4.78 is 0. The Labute approximate surface area is 158 Å². The molecule has 2 heterocycles. The molecule has 1 aliphatic carbocycles. The van der Waals surface area contributed by atoms with E-state index in [4.69, 9.17) is 17.2 Å². The van der Waals surface area contributed by atoms with Gasteiger partial charge in [0, 0.05) is 18.3 Å². The third-order valence-corrected chi connectivity index (χ3v) is 6.37. The van der Waals surface area contributed by atoms with E-state index in [1.54, 1.807) is 0 Å². The van der Waals surface area contributed by atoms with Gasteiger partial charge in [0.1, 0.15) is 0 Å². The molecule has 0 amide bonds. The van der Waals surface area contributed by atoms with Gasteiger partial charge in [-0.15, -0.1) is 0 Å². The summed E-state index contributed by atoms with van der Waals surface area (Å²) in [6.07, 6.45) is 9.99. The van der Waals surface area contributed by atoms with Crippen LogP contribution < -0.4 is 0 Å². The summed E-state index contributed by atoms with van der Waals surface area (Å²) in [6.45, 7) is 12.0. The Hall–Kier alpha value is -1.26. The maximum absolute atomic E-state index is 6.21. The van der Waals surface area contributed by atoms with Crippen LogP contribution in [0.15, 0.2) is 36.5 Å². The van der Waals surface area contributed by atoms with Crippen molar-refractivity contribution in [3.05, 3.63) is 42.2 Å². The molecular weight excluding hydrogens is 326 g/mol.